The van der Waals surface area contributed by atoms with E-state index >= 15 is 0 Å². The summed E-state index contributed by atoms with van der Waals surface area (Å²) in [6.07, 6.45) is 0.726. The van der Waals surface area contributed by atoms with E-state index in [2.05, 4.69) is 22.0 Å². The van der Waals surface area contributed by atoms with Gasteiger partial charge in [-0.2, -0.15) is 5.26 Å². The molecule has 3 fully saturated rings. The van der Waals surface area contributed by atoms with Gasteiger partial charge in [-0.15, -0.1) is 0 Å². The summed E-state index contributed by atoms with van der Waals surface area (Å²) in [6.45, 7) is 4.47. The van der Waals surface area contributed by atoms with E-state index < -0.39 is 0 Å². The SMILES string of the molecule is N#Cc1c(O)[nH]c2cc(Cl)c(-c3ccc(N4CCOCC4)cc3)cc12.O[C@@H]1CO[C@@H]2CCOC12. The van der Waals surface area contributed by atoms with Crippen molar-refractivity contribution in [2.24, 2.45) is 0 Å². The monoisotopic (exact) mass is 483 g/mol. The van der Waals surface area contributed by atoms with Crippen LogP contribution in [0.5, 0.6) is 5.88 Å². The van der Waals surface area contributed by atoms with Gasteiger partial charge in [-0.05, 0) is 36.2 Å². The molecule has 3 atom stereocenters. The first-order valence-electron chi connectivity index (χ1n) is 11.3. The molecule has 0 radical (unpaired) electrons. The molecular weight excluding hydrogens is 458 g/mol. The number of anilines is 1. The van der Waals surface area contributed by atoms with Crippen molar-refractivity contribution in [2.75, 3.05) is 44.4 Å². The van der Waals surface area contributed by atoms with Gasteiger partial charge < -0.3 is 34.3 Å². The van der Waals surface area contributed by atoms with Crippen LogP contribution in [0.4, 0.5) is 5.69 Å². The zero-order valence-electron chi connectivity index (χ0n) is 18.5. The lowest BCUT2D eigenvalue weighted by atomic mass is 10.0. The molecule has 0 aliphatic carbocycles. The Kier molecular flexibility index (Phi) is 6.63. The molecule has 8 nitrogen and oxygen atoms in total. The molecule has 4 heterocycles. The Morgan fingerprint density at radius 2 is 1.85 bits per heavy atom. The van der Waals surface area contributed by atoms with E-state index in [4.69, 9.17) is 30.9 Å². The number of aliphatic hydroxyl groups is 1. The highest BCUT2D eigenvalue weighted by Crippen LogP contribution is 2.36. The number of aromatic amines is 1. The minimum absolute atomic E-state index is 0.0231. The Balaban J connectivity index is 0.000000222. The molecule has 178 valence electrons. The van der Waals surface area contributed by atoms with Crippen LogP contribution in [0.15, 0.2) is 36.4 Å². The molecule has 9 heteroatoms. The molecule has 3 N–H and O–H groups in total. The highest BCUT2D eigenvalue weighted by molar-refractivity contribution is 6.34. The molecule has 3 aromatic rings. The first kappa shape index (κ1) is 23.0. The number of aromatic hydroxyl groups is 1. The first-order valence-corrected chi connectivity index (χ1v) is 11.7. The minimum Gasteiger partial charge on any atom is -0.494 e. The van der Waals surface area contributed by atoms with Crippen LogP contribution >= 0.6 is 11.6 Å². The molecule has 34 heavy (non-hydrogen) atoms. The van der Waals surface area contributed by atoms with Gasteiger partial charge in [0.15, 0.2) is 0 Å². The van der Waals surface area contributed by atoms with Crippen molar-refractivity contribution < 1.29 is 24.4 Å². The fourth-order valence-electron chi connectivity index (χ4n) is 4.65. The molecule has 2 aromatic carbocycles. The van der Waals surface area contributed by atoms with Crippen LogP contribution in [-0.4, -0.2) is 73.0 Å². The van der Waals surface area contributed by atoms with Gasteiger partial charge in [-0.3, -0.25) is 0 Å². The fraction of sp³-hybridized carbons (Fsp3) is 0.400. The van der Waals surface area contributed by atoms with Gasteiger partial charge in [0.25, 0.3) is 0 Å². The largest absolute Gasteiger partial charge is 0.494 e. The summed E-state index contributed by atoms with van der Waals surface area (Å²) in [4.78, 5) is 5.07. The van der Waals surface area contributed by atoms with Gasteiger partial charge in [0.2, 0.25) is 5.88 Å². The average Bonchev–Trinajstić information content (AvgIpc) is 3.55. The van der Waals surface area contributed by atoms with Crippen LogP contribution in [0.2, 0.25) is 5.02 Å². The number of benzene rings is 2. The number of nitrogens with one attached hydrogen (secondary N) is 1. The highest BCUT2D eigenvalue weighted by Gasteiger charge is 2.40. The van der Waals surface area contributed by atoms with E-state index in [1.165, 1.54) is 0 Å². The zero-order chi connectivity index (χ0) is 23.7. The highest BCUT2D eigenvalue weighted by atomic mass is 35.5. The number of fused-ring (bicyclic) bond motifs is 2. The lowest BCUT2D eigenvalue weighted by Crippen LogP contribution is -2.36. The van der Waals surface area contributed by atoms with Crippen molar-refractivity contribution in [1.82, 2.24) is 4.98 Å². The van der Waals surface area contributed by atoms with Gasteiger partial charge in [0, 0.05) is 36.3 Å². The molecule has 6 rings (SSSR count). The van der Waals surface area contributed by atoms with E-state index in [1.54, 1.807) is 6.07 Å². The Bertz CT molecular complexity index is 1200. The third-order valence-electron chi connectivity index (χ3n) is 6.47. The summed E-state index contributed by atoms with van der Waals surface area (Å²) < 4.78 is 15.8. The van der Waals surface area contributed by atoms with E-state index in [-0.39, 0.29) is 29.8 Å². The molecule has 0 bridgehead atoms. The van der Waals surface area contributed by atoms with Crippen LogP contribution in [-0.2, 0) is 14.2 Å². The van der Waals surface area contributed by atoms with Gasteiger partial charge in [0.05, 0.1) is 36.5 Å². The van der Waals surface area contributed by atoms with Crippen LogP contribution in [0, 0.1) is 11.3 Å². The molecule has 3 saturated heterocycles. The molecule has 1 unspecified atom stereocenters. The van der Waals surface area contributed by atoms with Gasteiger partial charge in [0.1, 0.15) is 23.8 Å². The topological polar surface area (TPSA) is 111 Å². The van der Waals surface area contributed by atoms with Crippen LogP contribution in [0.1, 0.15) is 12.0 Å². The Morgan fingerprint density at radius 1 is 1.09 bits per heavy atom. The van der Waals surface area contributed by atoms with Crippen molar-refractivity contribution in [3.63, 3.8) is 0 Å². The third-order valence-corrected chi connectivity index (χ3v) is 6.78. The quantitative estimate of drug-likeness (QED) is 0.512. The summed E-state index contributed by atoms with van der Waals surface area (Å²) in [5, 5.41) is 29.4. The fourth-order valence-corrected chi connectivity index (χ4v) is 4.93. The molecule has 1 aromatic heterocycles. The lowest BCUT2D eigenvalue weighted by molar-refractivity contribution is 0.0187. The predicted molar refractivity (Wildman–Crippen MR) is 128 cm³/mol. The standard InChI is InChI=1S/C19H16ClN3O2.C6H10O3/c20-17-10-18-15(16(11-21)19(24)22-18)9-14(17)12-1-3-13(4-2-12)23-5-7-25-8-6-23;7-4-3-9-5-1-2-8-6(4)5/h1-4,9-10,22,24H,5-8H2;4-7H,1-3H2/t;4-,5-,6?/m.1/s1. The summed E-state index contributed by atoms with van der Waals surface area (Å²) in [6, 6.07) is 13.8. The molecule has 0 saturated carbocycles. The Hall–Kier alpha value is -2.80. The zero-order valence-corrected chi connectivity index (χ0v) is 19.3. The lowest BCUT2D eigenvalue weighted by Gasteiger charge is -2.29. The number of ether oxygens (including phenoxy) is 3. The minimum atomic E-state index is -0.377. The molecule has 3 aliphatic heterocycles. The molecular formula is C25H26ClN3O5. The Labute approximate surface area is 202 Å². The van der Waals surface area contributed by atoms with Gasteiger partial charge in [-0.1, -0.05) is 23.7 Å². The van der Waals surface area contributed by atoms with E-state index in [0.29, 0.717) is 22.5 Å². The molecule has 0 spiro atoms. The Morgan fingerprint density at radius 3 is 2.56 bits per heavy atom. The smallest absolute Gasteiger partial charge is 0.207 e. The number of nitriles is 1. The number of rotatable bonds is 2. The second kappa shape index (κ2) is 9.82. The average molecular weight is 484 g/mol. The van der Waals surface area contributed by atoms with E-state index in [1.807, 2.05) is 24.3 Å². The summed E-state index contributed by atoms with van der Waals surface area (Å²) in [5.41, 5.74) is 3.83. The van der Waals surface area contributed by atoms with E-state index in [9.17, 15) is 10.4 Å². The van der Waals surface area contributed by atoms with Crippen molar-refractivity contribution >= 4 is 28.2 Å². The number of hydrogen-bond donors (Lipinski definition) is 3. The van der Waals surface area contributed by atoms with Crippen molar-refractivity contribution in [2.45, 2.75) is 24.7 Å². The summed E-state index contributed by atoms with van der Waals surface area (Å²) >= 11 is 6.42. The number of halogens is 1. The van der Waals surface area contributed by atoms with Crippen LogP contribution in [0.3, 0.4) is 0 Å². The number of H-pyrrole nitrogens is 1. The maximum atomic E-state index is 9.83. The normalized spacial score (nSPS) is 23.9. The molecule has 3 aliphatic rings. The number of aliphatic hydroxyl groups excluding tert-OH is 1. The van der Waals surface area contributed by atoms with Gasteiger partial charge in [-0.25, -0.2) is 0 Å². The maximum absolute atomic E-state index is 9.83. The van der Waals surface area contributed by atoms with Crippen molar-refractivity contribution in [3.05, 3.63) is 47.0 Å². The number of aromatic nitrogens is 1. The second-order valence-corrected chi connectivity index (χ2v) is 8.95. The predicted octanol–water partition coefficient (Wildman–Crippen LogP) is 3.44. The van der Waals surface area contributed by atoms with Gasteiger partial charge >= 0.3 is 0 Å². The van der Waals surface area contributed by atoms with Crippen LogP contribution in [0.25, 0.3) is 22.0 Å². The van der Waals surface area contributed by atoms with Crippen molar-refractivity contribution in [3.8, 4) is 23.1 Å². The number of nitrogens with zero attached hydrogens (tertiary/aromatic N) is 2. The third kappa shape index (κ3) is 4.45. The van der Waals surface area contributed by atoms with Crippen molar-refractivity contribution in [1.29, 1.82) is 5.26 Å². The number of morpholine rings is 1. The maximum Gasteiger partial charge on any atom is 0.207 e. The second-order valence-electron chi connectivity index (χ2n) is 8.55. The van der Waals surface area contributed by atoms with Crippen LogP contribution < -0.4 is 4.90 Å². The number of hydrogen-bond acceptors (Lipinski definition) is 7. The first-order chi connectivity index (χ1) is 16.5. The summed E-state index contributed by atoms with van der Waals surface area (Å²) in [7, 11) is 0. The molecule has 0 amide bonds. The van der Waals surface area contributed by atoms with E-state index in [0.717, 1.165) is 56.1 Å². The summed E-state index contributed by atoms with van der Waals surface area (Å²) in [5.74, 6) is -0.131.